The number of hydrogen-bond acceptors (Lipinski definition) is 5. The van der Waals surface area contributed by atoms with Gasteiger partial charge >= 0.3 is 0 Å². The number of benzene rings is 1. The predicted octanol–water partition coefficient (Wildman–Crippen LogP) is 0.890. The van der Waals surface area contributed by atoms with Crippen LogP contribution in [0.25, 0.3) is 0 Å². The van der Waals surface area contributed by atoms with E-state index >= 15 is 0 Å². The number of nitro benzene ring substituents is 1. The molecule has 0 atom stereocenters. The second kappa shape index (κ2) is 6.33. The Kier molecular flexibility index (Phi) is 4.52. The Morgan fingerprint density at radius 1 is 1.35 bits per heavy atom. The minimum Gasteiger partial charge on any atom is -0.375 e. The molecule has 0 bridgehead atoms. The number of ether oxygens (including phenoxy) is 1. The van der Waals surface area contributed by atoms with Crippen molar-refractivity contribution in [1.82, 2.24) is 4.90 Å². The first-order valence-corrected chi connectivity index (χ1v) is 6.38. The Bertz CT molecular complexity index is 498. The normalized spacial score (nSPS) is 15.2. The summed E-state index contributed by atoms with van der Waals surface area (Å²) in [6.45, 7) is 2.62. The van der Waals surface area contributed by atoms with Crippen molar-refractivity contribution >= 4 is 17.3 Å². The van der Waals surface area contributed by atoms with Gasteiger partial charge in [-0.15, -0.1) is 0 Å². The molecule has 7 heteroatoms. The number of amides is 1. The maximum absolute atomic E-state index is 11.7. The summed E-state index contributed by atoms with van der Waals surface area (Å²) in [7, 11) is 1.50. The van der Waals surface area contributed by atoms with Crippen LogP contribution in [0, 0.1) is 10.1 Å². The van der Waals surface area contributed by atoms with Gasteiger partial charge in [0.2, 0.25) is 5.91 Å². The highest BCUT2D eigenvalue weighted by Gasteiger charge is 2.21. The molecule has 1 aromatic rings. The summed E-state index contributed by atoms with van der Waals surface area (Å²) in [5.41, 5.74) is 0.901. The summed E-state index contributed by atoms with van der Waals surface area (Å²) >= 11 is 0. The Morgan fingerprint density at radius 2 is 2.05 bits per heavy atom. The van der Waals surface area contributed by atoms with Crippen molar-refractivity contribution in [1.29, 1.82) is 0 Å². The molecule has 0 radical (unpaired) electrons. The van der Waals surface area contributed by atoms with Crippen LogP contribution >= 0.6 is 0 Å². The van der Waals surface area contributed by atoms with Crippen LogP contribution < -0.4 is 4.90 Å². The van der Waals surface area contributed by atoms with Crippen molar-refractivity contribution in [2.45, 2.75) is 0 Å². The number of carbonyl (C=O) groups is 1. The van der Waals surface area contributed by atoms with Crippen LogP contribution in [0.2, 0.25) is 0 Å². The zero-order valence-corrected chi connectivity index (χ0v) is 11.3. The Morgan fingerprint density at radius 3 is 2.65 bits per heavy atom. The summed E-state index contributed by atoms with van der Waals surface area (Å²) in [5.74, 6) is -0.0220. The number of anilines is 1. The molecule has 7 nitrogen and oxygen atoms in total. The van der Waals surface area contributed by atoms with E-state index in [0.717, 1.165) is 5.69 Å². The quantitative estimate of drug-likeness (QED) is 0.604. The lowest BCUT2D eigenvalue weighted by molar-refractivity contribution is -0.384. The number of non-ortho nitro benzene ring substituents is 1. The highest BCUT2D eigenvalue weighted by atomic mass is 16.6. The minimum absolute atomic E-state index is 0.0220. The molecule has 0 unspecified atom stereocenters. The molecular weight excluding hydrogens is 262 g/mol. The Balaban J connectivity index is 1.98. The second-order valence-electron chi connectivity index (χ2n) is 4.58. The summed E-state index contributed by atoms with van der Waals surface area (Å²) < 4.78 is 4.83. The topological polar surface area (TPSA) is 75.9 Å². The van der Waals surface area contributed by atoms with Crippen LogP contribution in [0.1, 0.15) is 0 Å². The van der Waals surface area contributed by atoms with Gasteiger partial charge < -0.3 is 14.5 Å². The average Bonchev–Trinajstić information content (AvgIpc) is 2.48. The van der Waals surface area contributed by atoms with E-state index in [1.165, 1.54) is 13.2 Å². The highest BCUT2D eigenvalue weighted by Crippen LogP contribution is 2.22. The molecule has 108 valence electrons. The van der Waals surface area contributed by atoms with E-state index < -0.39 is 4.92 Å². The third-order valence-corrected chi connectivity index (χ3v) is 3.31. The lowest BCUT2D eigenvalue weighted by atomic mass is 10.2. The number of nitro groups is 1. The summed E-state index contributed by atoms with van der Waals surface area (Å²) in [6, 6.07) is 6.56. The molecule has 1 heterocycles. The minimum atomic E-state index is -0.401. The summed E-state index contributed by atoms with van der Waals surface area (Å²) in [5, 5.41) is 10.8. The van der Waals surface area contributed by atoms with Gasteiger partial charge in [0.1, 0.15) is 6.61 Å². The third kappa shape index (κ3) is 3.24. The summed E-state index contributed by atoms with van der Waals surface area (Å²) in [6.07, 6.45) is 0. The number of nitrogens with zero attached hydrogens (tertiary/aromatic N) is 3. The SMILES string of the molecule is COCC(=O)N1CCN(c2cccc([N+](=O)[O-])c2)CC1. The van der Waals surface area contributed by atoms with Crippen molar-refractivity contribution in [3.05, 3.63) is 34.4 Å². The Hall–Kier alpha value is -2.15. The van der Waals surface area contributed by atoms with Crippen LogP contribution in [-0.2, 0) is 9.53 Å². The van der Waals surface area contributed by atoms with E-state index in [1.807, 2.05) is 11.0 Å². The van der Waals surface area contributed by atoms with E-state index in [-0.39, 0.29) is 18.2 Å². The van der Waals surface area contributed by atoms with Gasteiger partial charge in [-0.1, -0.05) is 6.07 Å². The third-order valence-electron chi connectivity index (χ3n) is 3.31. The summed E-state index contributed by atoms with van der Waals surface area (Å²) in [4.78, 5) is 25.8. The number of rotatable bonds is 4. The van der Waals surface area contributed by atoms with Crippen molar-refractivity contribution < 1.29 is 14.5 Å². The maximum atomic E-state index is 11.7. The molecule has 1 fully saturated rings. The molecule has 2 rings (SSSR count). The van der Waals surface area contributed by atoms with Crippen LogP contribution in [0.4, 0.5) is 11.4 Å². The number of hydrogen-bond donors (Lipinski definition) is 0. The van der Waals surface area contributed by atoms with Crippen LogP contribution in [0.3, 0.4) is 0 Å². The first-order valence-electron chi connectivity index (χ1n) is 6.38. The monoisotopic (exact) mass is 279 g/mol. The molecule has 1 aromatic carbocycles. The van der Waals surface area contributed by atoms with Gasteiger partial charge in [0.05, 0.1) is 4.92 Å². The smallest absolute Gasteiger partial charge is 0.271 e. The fourth-order valence-electron chi connectivity index (χ4n) is 2.23. The van der Waals surface area contributed by atoms with Crippen LogP contribution in [-0.4, -0.2) is 55.6 Å². The van der Waals surface area contributed by atoms with Gasteiger partial charge in [0.25, 0.3) is 5.69 Å². The van der Waals surface area contributed by atoms with Gasteiger partial charge in [0.15, 0.2) is 0 Å². The number of piperazine rings is 1. The number of carbonyl (C=O) groups excluding carboxylic acids is 1. The molecule has 1 aliphatic heterocycles. The van der Waals surface area contributed by atoms with Crippen molar-refractivity contribution in [3.8, 4) is 0 Å². The first-order chi connectivity index (χ1) is 9.61. The first kappa shape index (κ1) is 14.3. The molecule has 0 aliphatic carbocycles. The highest BCUT2D eigenvalue weighted by molar-refractivity contribution is 5.77. The molecule has 1 saturated heterocycles. The van der Waals surface area contributed by atoms with E-state index in [9.17, 15) is 14.9 Å². The molecule has 0 N–H and O–H groups in total. The molecule has 0 saturated carbocycles. The van der Waals surface area contributed by atoms with E-state index in [1.54, 1.807) is 17.0 Å². The molecule has 1 aliphatic rings. The molecule has 0 spiro atoms. The van der Waals surface area contributed by atoms with Crippen LogP contribution in [0.15, 0.2) is 24.3 Å². The lowest BCUT2D eigenvalue weighted by Gasteiger charge is -2.35. The Labute approximate surface area is 116 Å². The van der Waals surface area contributed by atoms with Gasteiger partial charge in [-0.3, -0.25) is 14.9 Å². The molecule has 1 amide bonds. The van der Waals surface area contributed by atoms with Gasteiger partial charge in [-0.05, 0) is 6.07 Å². The molecule has 20 heavy (non-hydrogen) atoms. The standard InChI is InChI=1S/C13H17N3O4/c1-20-10-13(17)15-7-5-14(6-8-15)11-3-2-4-12(9-11)16(18)19/h2-4,9H,5-8,10H2,1H3. The van der Waals surface area contributed by atoms with E-state index in [0.29, 0.717) is 26.2 Å². The zero-order chi connectivity index (χ0) is 14.5. The van der Waals surface area contributed by atoms with Crippen LogP contribution in [0.5, 0.6) is 0 Å². The molecular formula is C13H17N3O4. The zero-order valence-electron chi connectivity index (χ0n) is 11.3. The van der Waals surface area contributed by atoms with E-state index in [4.69, 9.17) is 4.74 Å². The maximum Gasteiger partial charge on any atom is 0.271 e. The largest absolute Gasteiger partial charge is 0.375 e. The fourth-order valence-corrected chi connectivity index (χ4v) is 2.23. The second-order valence-corrected chi connectivity index (χ2v) is 4.58. The number of methoxy groups -OCH3 is 1. The van der Waals surface area contributed by atoms with Crippen molar-refractivity contribution in [2.75, 3.05) is 44.8 Å². The van der Waals surface area contributed by atoms with E-state index in [2.05, 4.69) is 0 Å². The van der Waals surface area contributed by atoms with Gasteiger partial charge in [0, 0.05) is 51.1 Å². The van der Waals surface area contributed by atoms with Crippen molar-refractivity contribution in [3.63, 3.8) is 0 Å². The average molecular weight is 279 g/mol. The molecule has 0 aromatic heterocycles. The predicted molar refractivity (Wildman–Crippen MR) is 73.8 cm³/mol. The van der Waals surface area contributed by atoms with Gasteiger partial charge in [-0.25, -0.2) is 0 Å². The fraction of sp³-hybridized carbons (Fsp3) is 0.462. The lowest BCUT2D eigenvalue weighted by Crippen LogP contribution is -2.49. The van der Waals surface area contributed by atoms with Gasteiger partial charge in [-0.2, -0.15) is 0 Å². The van der Waals surface area contributed by atoms with Crippen molar-refractivity contribution in [2.24, 2.45) is 0 Å².